The molecule has 0 aliphatic rings. The Morgan fingerprint density at radius 1 is 0.259 bits per heavy atom. The first-order valence-corrected chi connectivity index (χ1v) is 35.1. The summed E-state index contributed by atoms with van der Waals surface area (Å²) < 4.78 is 16.9. The van der Waals surface area contributed by atoms with Crippen molar-refractivity contribution in [2.75, 3.05) is 13.2 Å². The normalized spacial score (nSPS) is 12.6. The van der Waals surface area contributed by atoms with E-state index >= 15 is 0 Å². The lowest BCUT2D eigenvalue weighted by Crippen LogP contribution is -2.30. The quantitative estimate of drug-likeness (QED) is 0.0261. The predicted molar refractivity (Wildman–Crippen MR) is 353 cm³/mol. The van der Waals surface area contributed by atoms with Crippen molar-refractivity contribution in [3.05, 3.63) is 85.1 Å². The second kappa shape index (κ2) is 69.1. The Morgan fingerprint density at radius 2 is 0.506 bits per heavy atom. The maximum atomic E-state index is 12.9. The van der Waals surface area contributed by atoms with Crippen molar-refractivity contribution in [1.29, 1.82) is 0 Å². The molecule has 0 fully saturated rings. The minimum atomic E-state index is -0.820. The van der Waals surface area contributed by atoms with Crippen molar-refractivity contribution < 1.29 is 28.6 Å². The average molecular weight is 1130 g/mol. The molecule has 0 aromatic rings. The number of carbonyl (C=O) groups is 3. The Bertz CT molecular complexity index is 1530. The zero-order valence-corrected chi connectivity index (χ0v) is 53.8. The van der Waals surface area contributed by atoms with Gasteiger partial charge in [0.2, 0.25) is 0 Å². The molecule has 81 heavy (non-hydrogen) atoms. The highest BCUT2D eigenvalue weighted by molar-refractivity contribution is 5.71. The van der Waals surface area contributed by atoms with Gasteiger partial charge in [0.25, 0.3) is 0 Å². The fourth-order valence-electron chi connectivity index (χ4n) is 10.2. The van der Waals surface area contributed by atoms with Crippen LogP contribution < -0.4 is 0 Å². The number of hydrogen-bond acceptors (Lipinski definition) is 6. The first-order valence-electron chi connectivity index (χ1n) is 35.1. The van der Waals surface area contributed by atoms with Crippen molar-refractivity contribution in [2.45, 2.75) is 361 Å². The van der Waals surface area contributed by atoms with E-state index in [1.54, 1.807) is 0 Å². The maximum Gasteiger partial charge on any atom is 0.306 e. The number of allylic oxidation sites excluding steroid dienone is 14. The van der Waals surface area contributed by atoms with Gasteiger partial charge in [-0.2, -0.15) is 0 Å². The molecule has 0 aromatic carbocycles. The highest BCUT2D eigenvalue weighted by Crippen LogP contribution is 2.18. The summed E-state index contributed by atoms with van der Waals surface area (Å²) in [7, 11) is 0. The number of hydrogen-bond donors (Lipinski definition) is 0. The van der Waals surface area contributed by atoms with Crippen LogP contribution in [0.1, 0.15) is 355 Å². The van der Waals surface area contributed by atoms with Gasteiger partial charge in [0.1, 0.15) is 13.2 Å². The van der Waals surface area contributed by atoms with Gasteiger partial charge in [-0.3, -0.25) is 14.4 Å². The van der Waals surface area contributed by atoms with E-state index < -0.39 is 6.10 Å². The van der Waals surface area contributed by atoms with Crippen molar-refractivity contribution in [3.8, 4) is 0 Å². The molecule has 0 amide bonds. The lowest BCUT2D eigenvalue weighted by Gasteiger charge is -2.18. The van der Waals surface area contributed by atoms with Gasteiger partial charge in [-0.05, 0) is 83.5 Å². The molecule has 0 rings (SSSR count). The van der Waals surface area contributed by atoms with Crippen LogP contribution in [0.15, 0.2) is 85.1 Å². The Labute approximate surface area is 503 Å². The van der Waals surface area contributed by atoms with Crippen molar-refractivity contribution in [2.24, 2.45) is 0 Å². The smallest absolute Gasteiger partial charge is 0.306 e. The fraction of sp³-hybridized carbons (Fsp3) is 0.773. The third kappa shape index (κ3) is 67.3. The second-order valence-electron chi connectivity index (χ2n) is 23.4. The van der Waals surface area contributed by atoms with Gasteiger partial charge in [-0.1, -0.05) is 337 Å². The maximum absolute atomic E-state index is 12.9. The summed E-state index contributed by atoms with van der Waals surface area (Å²) >= 11 is 0. The van der Waals surface area contributed by atoms with Crippen LogP contribution in [-0.2, 0) is 28.6 Å². The number of unbranched alkanes of at least 4 members (excludes halogenated alkanes) is 39. The molecule has 0 aromatic heterocycles. The van der Waals surface area contributed by atoms with Crippen molar-refractivity contribution in [3.63, 3.8) is 0 Å². The highest BCUT2D eigenvalue weighted by Gasteiger charge is 2.19. The lowest BCUT2D eigenvalue weighted by molar-refractivity contribution is -0.166. The summed E-state index contributed by atoms with van der Waals surface area (Å²) in [5, 5.41) is 0. The van der Waals surface area contributed by atoms with Crippen LogP contribution in [0.2, 0.25) is 0 Å². The molecule has 1 atom stereocenters. The molecule has 0 heterocycles. The van der Waals surface area contributed by atoms with E-state index in [2.05, 4.69) is 99.8 Å². The first-order chi connectivity index (χ1) is 40.0. The topological polar surface area (TPSA) is 78.9 Å². The lowest BCUT2D eigenvalue weighted by atomic mass is 10.0. The molecule has 0 N–H and O–H groups in total. The molecule has 0 radical (unpaired) electrons. The van der Waals surface area contributed by atoms with Crippen molar-refractivity contribution in [1.82, 2.24) is 0 Å². The predicted octanol–water partition coefficient (Wildman–Crippen LogP) is 24.2. The molecular formula is C75H132O6. The SMILES string of the molecule is CC/C=C\C/C=C\C/C=C\C/C=C\C/C=C\C/C=C\CCC(=O)OC(COC(=O)CCCCCCCCC/C=C\CCCCCCCC)COC(=O)CCCCCCCCCCCCCCCCCCCCCCCCCCCCC. The van der Waals surface area contributed by atoms with Gasteiger partial charge in [-0.15, -0.1) is 0 Å². The van der Waals surface area contributed by atoms with Crippen LogP contribution in [0, 0.1) is 0 Å². The largest absolute Gasteiger partial charge is 0.462 e. The van der Waals surface area contributed by atoms with Gasteiger partial charge in [0.05, 0.1) is 0 Å². The van der Waals surface area contributed by atoms with Gasteiger partial charge >= 0.3 is 17.9 Å². The number of rotatable bonds is 64. The molecule has 1 unspecified atom stereocenters. The monoisotopic (exact) mass is 1130 g/mol. The van der Waals surface area contributed by atoms with Crippen LogP contribution in [0.4, 0.5) is 0 Å². The van der Waals surface area contributed by atoms with E-state index in [-0.39, 0.29) is 37.5 Å². The molecule has 0 spiro atoms. The van der Waals surface area contributed by atoms with Gasteiger partial charge in [-0.25, -0.2) is 0 Å². The molecule has 6 heteroatoms. The van der Waals surface area contributed by atoms with E-state index in [1.165, 1.54) is 231 Å². The van der Waals surface area contributed by atoms with Crippen molar-refractivity contribution >= 4 is 17.9 Å². The minimum absolute atomic E-state index is 0.105. The molecule has 0 saturated carbocycles. The Kier molecular flexibility index (Phi) is 66.2. The van der Waals surface area contributed by atoms with E-state index in [0.717, 1.165) is 77.0 Å². The Balaban J connectivity index is 4.36. The van der Waals surface area contributed by atoms with Crippen LogP contribution in [0.5, 0.6) is 0 Å². The van der Waals surface area contributed by atoms with Crippen LogP contribution >= 0.6 is 0 Å². The highest BCUT2D eigenvalue weighted by atomic mass is 16.6. The molecule has 0 bridgehead atoms. The molecule has 0 aliphatic heterocycles. The fourth-order valence-corrected chi connectivity index (χ4v) is 10.2. The summed E-state index contributed by atoms with van der Waals surface area (Å²) in [5.41, 5.74) is 0. The summed E-state index contributed by atoms with van der Waals surface area (Å²) in [5.74, 6) is -0.977. The number of carbonyl (C=O) groups excluding carboxylic acids is 3. The molecule has 6 nitrogen and oxygen atoms in total. The van der Waals surface area contributed by atoms with Gasteiger partial charge in [0, 0.05) is 19.3 Å². The Hall–Kier alpha value is -3.41. The van der Waals surface area contributed by atoms with E-state index in [1.807, 2.05) is 6.08 Å². The third-order valence-electron chi connectivity index (χ3n) is 15.4. The van der Waals surface area contributed by atoms with Crippen LogP contribution in [0.3, 0.4) is 0 Å². The van der Waals surface area contributed by atoms with Gasteiger partial charge in [0.15, 0.2) is 6.10 Å². The molecule has 468 valence electrons. The van der Waals surface area contributed by atoms with E-state index in [9.17, 15) is 14.4 Å². The Morgan fingerprint density at radius 3 is 0.802 bits per heavy atom. The van der Waals surface area contributed by atoms with Crippen LogP contribution in [-0.4, -0.2) is 37.2 Å². The zero-order chi connectivity index (χ0) is 58.5. The van der Waals surface area contributed by atoms with Crippen LogP contribution in [0.25, 0.3) is 0 Å². The second-order valence-corrected chi connectivity index (χ2v) is 23.4. The van der Waals surface area contributed by atoms with E-state index in [4.69, 9.17) is 14.2 Å². The average Bonchev–Trinajstić information content (AvgIpc) is 3.47. The molecular weight excluding hydrogens is 997 g/mol. The molecule has 0 aliphatic carbocycles. The summed E-state index contributed by atoms with van der Waals surface area (Å²) in [4.78, 5) is 38.4. The van der Waals surface area contributed by atoms with Gasteiger partial charge < -0.3 is 14.2 Å². The summed E-state index contributed by atoms with van der Waals surface area (Å²) in [6.07, 6.45) is 92.0. The number of ether oxygens (including phenoxy) is 3. The summed E-state index contributed by atoms with van der Waals surface area (Å²) in [6.45, 7) is 6.51. The first kappa shape index (κ1) is 77.6. The standard InChI is InChI=1S/C75H132O6/c1-4-7-10-13-16-19-22-25-28-31-33-34-35-36-37-38-39-40-42-44-47-50-53-56-59-62-65-68-74(77)80-71-72(70-79-73(76)67-64-61-58-55-52-49-46-43-30-27-24-21-18-15-12-9-6-3)81-75(78)69-66-63-60-57-54-51-48-45-41-32-29-26-23-20-17-14-11-8-5-2/h8,11,17,20,26-27,29-30,41,45,51,54,60,63,72H,4-7,9-10,12-16,18-19,21-25,28,31-40,42-44,46-50,52-53,55-59,61-62,64-71H2,1-3H3/b11-8-,20-17-,29-26-,30-27-,45-41-,54-51-,63-60-. The van der Waals surface area contributed by atoms with E-state index in [0.29, 0.717) is 19.3 Å². The minimum Gasteiger partial charge on any atom is -0.462 e. The number of esters is 3. The third-order valence-corrected chi connectivity index (χ3v) is 15.4. The zero-order valence-electron chi connectivity index (χ0n) is 53.8. The summed E-state index contributed by atoms with van der Waals surface area (Å²) in [6, 6.07) is 0. The molecule has 0 saturated heterocycles.